The Morgan fingerprint density at radius 2 is 1.04 bits per heavy atom. The van der Waals surface area contributed by atoms with Crippen LogP contribution in [0.3, 0.4) is 0 Å². The van der Waals surface area contributed by atoms with Crippen LogP contribution in [0.5, 0.6) is 0 Å². The molecule has 4 heteroatoms. The molecule has 4 nitrogen and oxygen atoms in total. The van der Waals surface area contributed by atoms with E-state index in [0.717, 1.165) is 55.4 Å². The van der Waals surface area contributed by atoms with Crippen molar-refractivity contribution in [1.82, 2.24) is 9.13 Å². The number of fused-ring (bicyclic) bond motifs is 6. The van der Waals surface area contributed by atoms with Crippen molar-refractivity contribution in [3.8, 4) is 39.7 Å². The quantitative estimate of drug-likeness (QED) is 0.183. The highest BCUT2D eigenvalue weighted by Gasteiger charge is 2.19. The fourth-order valence-electron chi connectivity index (χ4n) is 7.26. The molecule has 7 aromatic carbocycles. The van der Waals surface area contributed by atoms with Gasteiger partial charge in [-0.3, -0.25) is 0 Å². The van der Waals surface area contributed by atoms with Gasteiger partial charge in [0.1, 0.15) is 0 Å². The number of hydrogen-bond acceptors (Lipinski definition) is 1. The van der Waals surface area contributed by atoms with Crippen molar-refractivity contribution in [2.45, 2.75) is 0 Å². The van der Waals surface area contributed by atoms with Crippen LogP contribution >= 0.6 is 0 Å². The van der Waals surface area contributed by atoms with Crippen LogP contribution in [0.1, 0.15) is 5.56 Å². The molecule has 0 amide bonds. The number of nitriles is 1. The average Bonchev–Trinajstić information content (AvgIpc) is 3.67. The van der Waals surface area contributed by atoms with Crippen molar-refractivity contribution >= 4 is 49.3 Å². The molecule has 0 aliphatic rings. The van der Waals surface area contributed by atoms with Crippen LogP contribution in [0.4, 0.5) is 5.69 Å². The molecule has 0 radical (unpaired) electrons. The van der Waals surface area contributed by atoms with E-state index in [0.29, 0.717) is 11.3 Å². The van der Waals surface area contributed by atoms with Gasteiger partial charge in [-0.1, -0.05) is 103 Å². The van der Waals surface area contributed by atoms with Gasteiger partial charge in [-0.15, -0.1) is 0 Å². The minimum absolute atomic E-state index is 0.588. The maximum atomic E-state index is 10.0. The van der Waals surface area contributed by atoms with Crippen molar-refractivity contribution in [2.24, 2.45) is 0 Å². The Kier molecular flexibility index (Phi) is 6.22. The molecule has 0 spiro atoms. The van der Waals surface area contributed by atoms with Crippen molar-refractivity contribution in [1.29, 1.82) is 5.26 Å². The lowest BCUT2D eigenvalue weighted by Crippen LogP contribution is -1.99. The Labute approximate surface area is 277 Å². The predicted molar refractivity (Wildman–Crippen MR) is 197 cm³/mol. The van der Waals surface area contributed by atoms with Crippen LogP contribution < -0.4 is 0 Å². The lowest BCUT2D eigenvalue weighted by atomic mass is 9.92. The molecule has 2 heterocycles. The summed E-state index contributed by atoms with van der Waals surface area (Å²) >= 11 is 0. The molecule has 0 fully saturated rings. The molecule has 2 aromatic heterocycles. The third-order valence-electron chi connectivity index (χ3n) is 9.39. The second-order valence-electron chi connectivity index (χ2n) is 12.0. The first-order valence-corrected chi connectivity index (χ1v) is 15.9. The van der Waals surface area contributed by atoms with Gasteiger partial charge in [0.05, 0.1) is 40.4 Å². The van der Waals surface area contributed by atoms with E-state index in [1.54, 1.807) is 0 Å². The molecule has 0 unspecified atom stereocenters. The summed E-state index contributed by atoms with van der Waals surface area (Å²) in [6, 6.07) is 56.7. The molecule has 9 aromatic rings. The second-order valence-corrected chi connectivity index (χ2v) is 12.0. The molecule has 48 heavy (non-hydrogen) atoms. The van der Waals surface area contributed by atoms with Gasteiger partial charge in [0.15, 0.2) is 5.69 Å². The number of rotatable bonds is 4. The molecule has 0 N–H and O–H groups in total. The fourth-order valence-corrected chi connectivity index (χ4v) is 7.26. The van der Waals surface area contributed by atoms with Crippen molar-refractivity contribution in [3.05, 3.63) is 175 Å². The van der Waals surface area contributed by atoms with Gasteiger partial charge >= 0.3 is 0 Å². The third-order valence-corrected chi connectivity index (χ3v) is 9.39. The summed E-state index contributed by atoms with van der Waals surface area (Å²) in [5, 5.41) is 14.7. The highest BCUT2D eigenvalue weighted by Crippen LogP contribution is 2.41. The van der Waals surface area contributed by atoms with E-state index in [1.165, 1.54) is 21.8 Å². The fraction of sp³-hybridized carbons (Fsp3) is 0. The van der Waals surface area contributed by atoms with Gasteiger partial charge in [0.2, 0.25) is 0 Å². The monoisotopic (exact) mass is 610 g/mol. The van der Waals surface area contributed by atoms with E-state index in [-0.39, 0.29) is 0 Å². The van der Waals surface area contributed by atoms with Gasteiger partial charge in [-0.2, -0.15) is 5.26 Å². The first-order valence-electron chi connectivity index (χ1n) is 15.9. The van der Waals surface area contributed by atoms with E-state index in [9.17, 15) is 5.26 Å². The summed E-state index contributed by atoms with van der Waals surface area (Å²) in [5.74, 6) is 0. The molecule has 0 bridgehead atoms. The highest BCUT2D eigenvalue weighted by atomic mass is 15.0. The molecule has 0 aliphatic carbocycles. The number of aromatic nitrogens is 2. The summed E-state index contributed by atoms with van der Waals surface area (Å²) in [6.45, 7) is 7.70. The van der Waals surface area contributed by atoms with Crippen LogP contribution in [0, 0.1) is 17.9 Å². The Bertz CT molecular complexity index is 2750. The van der Waals surface area contributed by atoms with Crippen molar-refractivity contribution < 1.29 is 0 Å². The van der Waals surface area contributed by atoms with Crippen molar-refractivity contribution in [2.75, 3.05) is 0 Å². The summed E-state index contributed by atoms with van der Waals surface area (Å²) in [6.07, 6.45) is 0. The lowest BCUT2D eigenvalue weighted by molar-refractivity contribution is 1.18. The van der Waals surface area contributed by atoms with Gasteiger partial charge < -0.3 is 9.13 Å². The lowest BCUT2D eigenvalue weighted by Gasteiger charge is -2.18. The SMILES string of the molecule is [C-]#[N+]c1ccc2c3ccccc3n(-c3ccc(C#N)cc3-c3ccccc3-c3ccc(-n4c5ccccc5c5ccccc54)cc3)c2c1. The van der Waals surface area contributed by atoms with Crippen LogP contribution in [0.15, 0.2) is 158 Å². The normalized spacial score (nSPS) is 11.3. The summed E-state index contributed by atoms with van der Waals surface area (Å²) in [5.41, 5.74) is 11.7. The zero-order valence-electron chi connectivity index (χ0n) is 25.8. The molecule has 0 atom stereocenters. The maximum absolute atomic E-state index is 10.0. The summed E-state index contributed by atoms with van der Waals surface area (Å²) in [4.78, 5) is 3.74. The van der Waals surface area contributed by atoms with Crippen LogP contribution in [-0.4, -0.2) is 9.13 Å². The van der Waals surface area contributed by atoms with Gasteiger partial charge in [0.25, 0.3) is 0 Å². The molecule has 0 aliphatic heterocycles. The summed E-state index contributed by atoms with van der Waals surface area (Å²) < 4.78 is 4.56. The largest absolute Gasteiger partial charge is 0.310 e. The third kappa shape index (κ3) is 4.14. The van der Waals surface area contributed by atoms with Gasteiger partial charge in [-0.25, -0.2) is 4.85 Å². The average molecular weight is 611 g/mol. The van der Waals surface area contributed by atoms with E-state index in [4.69, 9.17) is 6.57 Å². The molecule has 9 rings (SSSR count). The molecular weight excluding hydrogens is 585 g/mol. The van der Waals surface area contributed by atoms with E-state index in [2.05, 4.69) is 129 Å². The molecule has 222 valence electrons. The molecular formula is C44H26N4. The van der Waals surface area contributed by atoms with Gasteiger partial charge in [0, 0.05) is 38.3 Å². The van der Waals surface area contributed by atoms with E-state index < -0.39 is 0 Å². The molecule has 0 saturated heterocycles. The van der Waals surface area contributed by atoms with Crippen LogP contribution in [0.25, 0.3) is 82.1 Å². The maximum Gasteiger partial charge on any atom is 0.189 e. The Morgan fingerprint density at radius 1 is 0.479 bits per heavy atom. The Balaban J connectivity index is 1.24. The van der Waals surface area contributed by atoms with E-state index in [1.807, 2.05) is 48.5 Å². The number of nitrogens with zero attached hydrogens (tertiary/aromatic N) is 4. The Hall–Kier alpha value is -6.88. The zero-order valence-corrected chi connectivity index (χ0v) is 25.8. The van der Waals surface area contributed by atoms with E-state index >= 15 is 0 Å². The second kappa shape index (κ2) is 10.9. The topological polar surface area (TPSA) is 38.0 Å². The first kappa shape index (κ1) is 27.4. The van der Waals surface area contributed by atoms with Gasteiger partial charge in [-0.05, 0) is 71.3 Å². The number of para-hydroxylation sites is 3. The van der Waals surface area contributed by atoms with Crippen molar-refractivity contribution in [3.63, 3.8) is 0 Å². The van der Waals surface area contributed by atoms with Crippen LogP contribution in [-0.2, 0) is 0 Å². The molecule has 0 saturated carbocycles. The predicted octanol–water partition coefficient (Wildman–Crippen LogP) is 11.6. The smallest absolute Gasteiger partial charge is 0.189 e. The Morgan fingerprint density at radius 3 is 1.67 bits per heavy atom. The zero-order chi connectivity index (χ0) is 32.2. The first-order chi connectivity index (χ1) is 23.7. The summed E-state index contributed by atoms with van der Waals surface area (Å²) in [7, 11) is 0. The minimum Gasteiger partial charge on any atom is -0.310 e. The minimum atomic E-state index is 0.588. The highest BCUT2D eigenvalue weighted by molar-refractivity contribution is 6.11. The standard InChI is InChI=1S/C44H26N4/c1-46-31-21-24-38-37-14-6-9-17-42(37)48(44(38)27-31)43-25-18-29(28-45)26-39(43)34-11-3-2-10-33(34)30-19-22-32(23-20-30)47-40-15-7-4-12-35(40)36-13-5-8-16-41(36)47/h2-27H. The number of hydrogen-bond donors (Lipinski definition) is 0. The van der Waals surface area contributed by atoms with Crippen LogP contribution in [0.2, 0.25) is 0 Å². The number of benzene rings is 7.